The summed E-state index contributed by atoms with van der Waals surface area (Å²) in [5, 5.41) is -0.0307. The van der Waals surface area contributed by atoms with Gasteiger partial charge < -0.3 is 0 Å². The zero-order chi connectivity index (χ0) is 6.15. The van der Waals surface area contributed by atoms with Crippen molar-refractivity contribution in [1.29, 1.82) is 0 Å². The molecule has 0 aliphatic carbocycles. The van der Waals surface area contributed by atoms with Crippen LogP contribution in [-0.4, -0.2) is 15.1 Å². The Hall–Kier alpha value is 0.170. The molecule has 1 saturated heterocycles. The number of hydrogen-bond donors (Lipinski definition) is 0. The van der Waals surface area contributed by atoms with E-state index in [1.54, 1.807) is 0 Å². The van der Waals surface area contributed by atoms with Crippen LogP contribution in [0.1, 0.15) is 6.42 Å². The number of rotatable bonds is 0. The number of thioether (sulfide) groups is 1. The minimum atomic E-state index is -0.269. The highest BCUT2D eigenvalue weighted by molar-refractivity contribution is 9.12. The Morgan fingerprint density at radius 2 is 2.25 bits per heavy atom. The van der Waals surface area contributed by atoms with Gasteiger partial charge in [-0.2, -0.15) is 0 Å². The summed E-state index contributed by atoms with van der Waals surface area (Å²) >= 11 is 4.09. The second kappa shape index (κ2) is 2.19. The first-order valence-corrected chi connectivity index (χ1v) is 3.86. The number of carbonyl (C=O) groups excluding carboxylic acids is 2. The molecule has 0 radical (unpaired) electrons. The molecule has 1 atom stereocenters. The summed E-state index contributed by atoms with van der Waals surface area (Å²) in [5.41, 5.74) is 0. The lowest BCUT2D eigenvalue weighted by atomic mass is 10.3. The summed E-state index contributed by atoms with van der Waals surface area (Å²) in [6.45, 7) is 0. The number of ketones is 1. The van der Waals surface area contributed by atoms with E-state index in [4.69, 9.17) is 0 Å². The van der Waals surface area contributed by atoms with Crippen molar-refractivity contribution in [3.63, 3.8) is 0 Å². The van der Waals surface area contributed by atoms with E-state index in [9.17, 15) is 9.59 Å². The van der Waals surface area contributed by atoms with Crippen LogP contribution in [0.25, 0.3) is 0 Å². The Morgan fingerprint density at radius 3 is 2.38 bits per heavy atom. The van der Waals surface area contributed by atoms with Gasteiger partial charge in [-0.15, -0.1) is 0 Å². The van der Waals surface area contributed by atoms with E-state index in [0.29, 0.717) is 0 Å². The van der Waals surface area contributed by atoms with Crippen LogP contribution in [0.3, 0.4) is 0 Å². The van der Waals surface area contributed by atoms with Gasteiger partial charge in [0.05, 0.1) is 6.42 Å². The van der Waals surface area contributed by atoms with Crippen molar-refractivity contribution in [2.75, 3.05) is 0 Å². The molecular formula is C4H3BrO2S. The molecule has 0 aromatic rings. The highest BCUT2D eigenvalue weighted by atomic mass is 79.9. The smallest absolute Gasteiger partial charge is 0.197 e. The highest BCUT2D eigenvalue weighted by Gasteiger charge is 2.28. The highest BCUT2D eigenvalue weighted by Crippen LogP contribution is 2.28. The molecule has 0 N–H and O–H groups in total. The van der Waals surface area contributed by atoms with Crippen molar-refractivity contribution in [3.05, 3.63) is 0 Å². The van der Waals surface area contributed by atoms with Gasteiger partial charge in [0, 0.05) is 0 Å². The van der Waals surface area contributed by atoms with Gasteiger partial charge in [0.25, 0.3) is 0 Å². The summed E-state index contributed by atoms with van der Waals surface area (Å²) in [6.07, 6.45) is 0.0978. The molecule has 1 aliphatic heterocycles. The van der Waals surface area contributed by atoms with Crippen LogP contribution in [0, 0.1) is 0 Å². The predicted octanol–water partition coefficient (Wildman–Crippen LogP) is 0.940. The molecule has 0 amide bonds. The molecule has 4 heteroatoms. The van der Waals surface area contributed by atoms with Gasteiger partial charge in [-0.1, -0.05) is 27.7 Å². The fraction of sp³-hybridized carbons (Fsp3) is 0.500. The fourth-order valence-corrected chi connectivity index (χ4v) is 1.90. The van der Waals surface area contributed by atoms with Crippen molar-refractivity contribution in [2.45, 2.75) is 10.6 Å². The van der Waals surface area contributed by atoms with Crippen molar-refractivity contribution in [3.8, 4) is 0 Å². The normalized spacial score (nSPS) is 29.4. The van der Waals surface area contributed by atoms with Crippen LogP contribution in [-0.2, 0) is 9.59 Å². The monoisotopic (exact) mass is 194 g/mol. The third kappa shape index (κ3) is 1.11. The van der Waals surface area contributed by atoms with Crippen LogP contribution in [0.2, 0.25) is 0 Å². The lowest BCUT2D eigenvalue weighted by Crippen LogP contribution is -1.99. The molecule has 44 valence electrons. The Morgan fingerprint density at radius 1 is 1.62 bits per heavy atom. The first-order chi connectivity index (χ1) is 3.70. The van der Waals surface area contributed by atoms with Gasteiger partial charge in [0.1, 0.15) is 4.16 Å². The maximum atomic E-state index is 10.5. The van der Waals surface area contributed by atoms with E-state index in [1.807, 2.05) is 0 Å². The molecule has 0 bridgehead atoms. The lowest BCUT2D eigenvalue weighted by molar-refractivity contribution is -0.120. The Kier molecular flexibility index (Phi) is 1.72. The largest absolute Gasteiger partial charge is 0.297 e. The van der Waals surface area contributed by atoms with Gasteiger partial charge in [-0.25, -0.2) is 0 Å². The number of Topliss-reactive ketones (excluding diaryl/α,β-unsaturated/α-hetero) is 1. The summed E-state index contributed by atoms with van der Waals surface area (Å²) in [5.74, 6) is -0.0139. The minimum Gasteiger partial charge on any atom is -0.297 e. The first kappa shape index (κ1) is 6.29. The average Bonchev–Trinajstić information content (AvgIpc) is 1.85. The van der Waals surface area contributed by atoms with E-state index >= 15 is 0 Å². The van der Waals surface area contributed by atoms with Crippen LogP contribution in [0.5, 0.6) is 0 Å². The zero-order valence-electron chi connectivity index (χ0n) is 3.89. The molecule has 0 spiro atoms. The van der Waals surface area contributed by atoms with Crippen LogP contribution >= 0.6 is 27.7 Å². The number of halogens is 1. The Balaban J connectivity index is 2.64. The molecule has 1 heterocycles. The fourth-order valence-electron chi connectivity index (χ4n) is 0.445. The maximum Gasteiger partial charge on any atom is 0.197 e. The molecule has 1 fully saturated rings. The topological polar surface area (TPSA) is 34.1 Å². The number of alkyl halides is 1. The third-order valence-electron chi connectivity index (χ3n) is 0.807. The molecule has 2 nitrogen and oxygen atoms in total. The van der Waals surface area contributed by atoms with Crippen molar-refractivity contribution in [1.82, 2.24) is 0 Å². The Labute approximate surface area is 59.1 Å². The van der Waals surface area contributed by atoms with E-state index in [1.165, 1.54) is 0 Å². The van der Waals surface area contributed by atoms with Gasteiger partial charge in [-0.05, 0) is 0 Å². The predicted molar refractivity (Wildman–Crippen MR) is 34.9 cm³/mol. The quantitative estimate of drug-likeness (QED) is 0.426. The molecule has 1 unspecified atom stereocenters. The zero-order valence-corrected chi connectivity index (χ0v) is 6.29. The average molecular weight is 195 g/mol. The maximum absolute atomic E-state index is 10.5. The Bertz CT molecular complexity index is 145. The third-order valence-corrected chi connectivity index (χ3v) is 2.76. The molecule has 1 rings (SSSR count). The van der Waals surface area contributed by atoms with E-state index in [0.717, 1.165) is 11.8 Å². The van der Waals surface area contributed by atoms with Crippen LogP contribution < -0.4 is 0 Å². The van der Waals surface area contributed by atoms with E-state index in [2.05, 4.69) is 15.9 Å². The van der Waals surface area contributed by atoms with Crippen molar-refractivity contribution < 1.29 is 9.59 Å². The van der Waals surface area contributed by atoms with Crippen LogP contribution in [0.15, 0.2) is 0 Å². The molecule has 8 heavy (non-hydrogen) atoms. The summed E-state index contributed by atoms with van der Waals surface area (Å²) in [4.78, 5) is 20.9. The van der Waals surface area contributed by atoms with Gasteiger partial charge in [0.2, 0.25) is 0 Å². The van der Waals surface area contributed by atoms with E-state index in [-0.39, 0.29) is 21.5 Å². The summed E-state index contributed by atoms with van der Waals surface area (Å²) in [7, 11) is 0. The van der Waals surface area contributed by atoms with Gasteiger partial charge >= 0.3 is 0 Å². The van der Waals surface area contributed by atoms with Gasteiger partial charge in [0.15, 0.2) is 10.9 Å². The standard InChI is InChI=1S/C4H3BrO2S/c5-4-2(6)1-3(7)8-4/h4H,1H2. The van der Waals surface area contributed by atoms with Crippen LogP contribution in [0.4, 0.5) is 0 Å². The van der Waals surface area contributed by atoms with Crippen molar-refractivity contribution >= 4 is 38.6 Å². The summed E-state index contributed by atoms with van der Waals surface area (Å²) < 4.78 is -0.269. The van der Waals surface area contributed by atoms with Crippen molar-refractivity contribution in [2.24, 2.45) is 0 Å². The van der Waals surface area contributed by atoms with Gasteiger partial charge in [-0.3, -0.25) is 9.59 Å². The minimum absolute atomic E-state index is 0.0139. The van der Waals surface area contributed by atoms with E-state index < -0.39 is 0 Å². The first-order valence-electron chi connectivity index (χ1n) is 2.06. The molecule has 1 aliphatic rings. The second-order valence-corrected chi connectivity index (χ2v) is 4.13. The molecule has 0 saturated carbocycles. The lowest BCUT2D eigenvalue weighted by Gasteiger charge is -1.86. The molecule has 0 aromatic heterocycles. The second-order valence-electron chi connectivity index (χ2n) is 1.45. The molecule has 0 aromatic carbocycles. The summed E-state index contributed by atoms with van der Waals surface area (Å²) in [6, 6.07) is 0. The SMILES string of the molecule is O=C1CC(=O)C(Br)S1. The molecular weight excluding hydrogens is 192 g/mol. The number of hydrogen-bond acceptors (Lipinski definition) is 3. The number of carbonyl (C=O) groups is 2.